The first-order valence-electron chi connectivity index (χ1n) is 22.8. The Labute approximate surface area is 437 Å². The number of aliphatic hydroxyl groups excluding tert-OH is 4. The molecule has 14 N–H and O–H groups in total. The molecule has 410 valence electrons. The number of phenolic OH excluding ortho intramolecular Hbond substituents is 8. The summed E-state index contributed by atoms with van der Waals surface area (Å²) in [5.74, 6) is -20.7. The Kier molecular flexibility index (Phi) is 16.8. The van der Waals surface area contributed by atoms with Gasteiger partial charge in [0.15, 0.2) is 82.6 Å². The average molecular weight is 1090 g/mol. The van der Waals surface area contributed by atoms with Crippen molar-refractivity contribution in [3.8, 4) is 46.0 Å². The van der Waals surface area contributed by atoms with Crippen LogP contribution in [-0.4, -0.2) is 169 Å². The molecule has 1 aliphatic carbocycles. The second-order valence-electron chi connectivity index (χ2n) is 17.3. The van der Waals surface area contributed by atoms with E-state index in [1.54, 1.807) is 0 Å². The summed E-state index contributed by atoms with van der Waals surface area (Å²) >= 11 is 0. The fourth-order valence-corrected chi connectivity index (χ4v) is 8.42. The standard InChI is InChI=1S/C52H46O26/c53-19-35(63)45-47(77-41(65)9-3-21-1-6-27(55)30(58)11-21)37(17-39(73-45)49(67)68)75-51(71)26-13-24-15-33(61)34(62)16-25(24)43(23-5-8-29(57)32(60)14-23)44(26)52(72)76-38-18-40(50(69)70)74-46(36(64)20-54)48(38)78-42(66)10-4-22-2-7-28(56)31(59)12-22/h1-18,35-38,43-48,53-64H,19-20H2,(H,67,68)(H,69,70)/b9-3+,10-4+/t35-,36-,37-,38-,43-,44-,45-,46-,47-,48-/m1/s1. The van der Waals surface area contributed by atoms with E-state index in [1.165, 1.54) is 12.1 Å². The molecule has 26 nitrogen and oxygen atoms in total. The van der Waals surface area contributed by atoms with Crippen LogP contribution in [0.5, 0.6) is 46.0 Å². The molecular weight excluding hydrogens is 1040 g/mol. The Balaban J connectivity index is 1.34. The van der Waals surface area contributed by atoms with E-state index in [4.69, 9.17) is 28.4 Å². The SMILES string of the molecule is O=C(/C=C/c1ccc(O)c(O)c1)O[C@H]1[C@@H]([C@H](O)CO)OC(C(=O)O)=C[C@H]1OC(=O)C1=Cc2cc(O)c(O)cc2[C@@H](c2ccc(O)c(O)c2)[C@@H]1C(=O)O[C@@H]1C=C(C(=O)O)O[C@H]([C@H](O)CO)[C@@H]1OC(=O)/C=C/c1ccc(O)c(O)c1. The van der Waals surface area contributed by atoms with Crippen LogP contribution in [0.15, 0.2) is 108 Å². The first-order chi connectivity index (χ1) is 37.0. The molecule has 2 heterocycles. The van der Waals surface area contributed by atoms with Crippen molar-refractivity contribution in [1.82, 2.24) is 0 Å². The lowest BCUT2D eigenvalue weighted by atomic mass is 9.71. The summed E-state index contributed by atoms with van der Waals surface area (Å²) in [5.41, 5.74) is -1.02. The summed E-state index contributed by atoms with van der Waals surface area (Å²) in [7, 11) is 0. The smallest absolute Gasteiger partial charge is 0.370 e. The van der Waals surface area contributed by atoms with Crippen molar-refractivity contribution in [2.24, 2.45) is 5.92 Å². The molecule has 78 heavy (non-hydrogen) atoms. The van der Waals surface area contributed by atoms with Crippen LogP contribution < -0.4 is 0 Å². The number of hydrogen-bond acceptors (Lipinski definition) is 24. The zero-order chi connectivity index (χ0) is 56.9. The van der Waals surface area contributed by atoms with Crippen LogP contribution in [0.4, 0.5) is 0 Å². The molecule has 26 heteroatoms. The monoisotopic (exact) mass is 1090 g/mol. The van der Waals surface area contributed by atoms with Crippen LogP contribution >= 0.6 is 0 Å². The number of carbonyl (C=O) groups is 6. The number of benzene rings is 4. The predicted molar refractivity (Wildman–Crippen MR) is 257 cm³/mol. The van der Waals surface area contributed by atoms with E-state index in [0.717, 1.165) is 85.0 Å². The molecule has 4 aromatic carbocycles. The summed E-state index contributed by atoms with van der Waals surface area (Å²) in [6, 6.07) is 11.7. The normalized spacial score (nSPS) is 22.5. The van der Waals surface area contributed by atoms with Crippen LogP contribution in [0.1, 0.15) is 33.7 Å². The highest BCUT2D eigenvalue weighted by atomic mass is 16.6. The van der Waals surface area contributed by atoms with Crippen molar-refractivity contribution in [2.75, 3.05) is 13.2 Å². The van der Waals surface area contributed by atoms with Crippen LogP contribution in [0.3, 0.4) is 0 Å². The molecule has 0 bridgehead atoms. The van der Waals surface area contributed by atoms with Crippen molar-refractivity contribution in [2.45, 2.75) is 54.7 Å². The lowest BCUT2D eigenvalue weighted by Crippen LogP contribution is -2.54. The fourth-order valence-electron chi connectivity index (χ4n) is 8.42. The van der Waals surface area contributed by atoms with Crippen molar-refractivity contribution in [3.05, 3.63) is 136 Å². The second kappa shape index (κ2) is 23.4. The first-order valence-corrected chi connectivity index (χ1v) is 22.8. The molecule has 4 aromatic rings. The van der Waals surface area contributed by atoms with Gasteiger partial charge in [0.05, 0.1) is 24.7 Å². The first kappa shape index (κ1) is 56.0. The molecule has 3 aliphatic rings. The highest BCUT2D eigenvalue weighted by molar-refractivity contribution is 6.02. The number of esters is 4. The third kappa shape index (κ3) is 12.3. The summed E-state index contributed by atoms with van der Waals surface area (Å²) in [5, 5.41) is 144. The minimum absolute atomic E-state index is 0.129. The highest BCUT2D eigenvalue weighted by Gasteiger charge is 2.51. The van der Waals surface area contributed by atoms with Crippen LogP contribution in [0, 0.1) is 5.92 Å². The molecular formula is C52H46O26. The Morgan fingerprint density at radius 3 is 1.42 bits per heavy atom. The van der Waals surface area contributed by atoms with Gasteiger partial charge in [-0.15, -0.1) is 0 Å². The van der Waals surface area contributed by atoms with Crippen LogP contribution in [0.25, 0.3) is 18.2 Å². The number of carbonyl (C=O) groups excluding carboxylic acids is 4. The number of carboxylic acid groups (broad SMARTS) is 2. The summed E-state index contributed by atoms with van der Waals surface area (Å²) in [4.78, 5) is 82.0. The van der Waals surface area contributed by atoms with Crippen LogP contribution in [0.2, 0.25) is 0 Å². The lowest BCUT2D eigenvalue weighted by molar-refractivity contribution is -0.189. The number of aromatic hydroxyl groups is 8. The van der Waals surface area contributed by atoms with Gasteiger partial charge in [-0.3, -0.25) is 4.79 Å². The molecule has 0 radical (unpaired) electrons. The van der Waals surface area contributed by atoms with Gasteiger partial charge < -0.3 is 99.9 Å². The van der Waals surface area contributed by atoms with E-state index < -0.39 is 173 Å². The molecule has 0 aromatic heterocycles. The van der Waals surface area contributed by atoms with E-state index >= 15 is 9.59 Å². The summed E-state index contributed by atoms with van der Waals surface area (Å²) < 4.78 is 33.5. The highest BCUT2D eigenvalue weighted by Crippen LogP contribution is 2.49. The Morgan fingerprint density at radius 2 is 0.974 bits per heavy atom. The number of carboxylic acids is 2. The molecule has 10 atom stereocenters. The zero-order valence-corrected chi connectivity index (χ0v) is 39.7. The van der Waals surface area contributed by atoms with E-state index in [2.05, 4.69) is 0 Å². The minimum Gasteiger partial charge on any atom is -0.504 e. The zero-order valence-electron chi connectivity index (χ0n) is 39.7. The summed E-state index contributed by atoms with van der Waals surface area (Å²) in [6.07, 6.45) is -10.8. The Bertz CT molecular complexity index is 3190. The van der Waals surface area contributed by atoms with Crippen molar-refractivity contribution in [1.29, 1.82) is 0 Å². The molecule has 0 amide bonds. The maximum atomic E-state index is 15.3. The number of rotatable bonds is 17. The predicted octanol–water partition coefficient (Wildman–Crippen LogP) is 0.991. The summed E-state index contributed by atoms with van der Waals surface area (Å²) in [6.45, 7) is -2.34. The van der Waals surface area contributed by atoms with Gasteiger partial charge in [0.25, 0.3) is 0 Å². The van der Waals surface area contributed by atoms with Crippen molar-refractivity contribution < 1.29 is 129 Å². The molecule has 0 fully saturated rings. The van der Waals surface area contributed by atoms with Gasteiger partial charge in [-0.1, -0.05) is 18.2 Å². The number of phenols is 8. The maximum Gasteiger partial charge on any atom is 0.370 e. The molecule has 0 spiro atoms. The molecule has 0 saturated carbocycles. The van der Waals surface area contributed by atoms with Crippen molar-refractivity contribution >= 4 is 54.0 Å². The van der Waals surface area contributed by atoms with E-state index in [1.807, 2.05) is 0 Å². The van der Waals surface area contributed by atoms with Gasteiger partial charge in [-0.2, -0.15) is 0 Å². The molecule has 0 saturated heterocycles. The van der Waals surface area contributed by atoms with Gasteiger partial charge in [0, 0.05) is 30.2 Å². The number of ether oxygens (including phenoxy) is 6. The van der Waals surface area contributed by atoms with Gasteiger partial charge in [0.1, 0.15) is 12.2 Å². The molecule has 2 aliphatic heterocycles. The van der Waals surface area contributed by atoms with Gasteiger partial charge >= 0.3 is 35.8 Å². The Hall–Kier alpha value is -9.76. The van der Waals surface area contributed by atoms with E-state index in [0.29, 0.717) is 12.2 Å². The number of hydrogen-bond donors (Lipinski definition) is 14. The van der Waals surface area contributed by atoms with Crippen LogP contribution in [-0.2, 0) is 57.2 Å². The number of fused-ring (bicyclic) bond motifs is 1. The number of aliphatic carboxylic acids is 2. The van der Waals surface area contributed by atoms with Crippen molar-refractivity contribution in [3.63, 3.8) is 0 Å². The Morgan fingerprint density at radius 1 is 0.538 bits per heavy atom. The quantitative estimate of drug-likeness (QED) is 0.0303. The lowest BCUT2D eigenvalue weighted by Gasteiger charge is -2.39. The average Bonchev–Trinajstić information content (AvgIpc) is 3.61. The minimum atomic E-state index is -2.20. The number of aliphatic hydroxyl groups is 4. The van der Waals surface area contributed by atoms with Gasteiger partial charge in [0.2, 0.25) is 11.5 Å². The largest absolute Gasteiger partial charge is 0.504 e. The van der Waals surface area contributed by atoms with Gasteiger partial charge in [-0.25, -0.2) is 24.0 Å². The second-order valence-corrected chi connectivity index (χ2v) is 17.3. The molecule has 0 unspecified atom stereocenters. The fraction of sp³-hybridized carbons (Fsp3) is 0.231. The third-order valence-corrected chi connectivity index (χ3v) is 12.2. The topological polar surface area (TPSA) is 441 Å². The maximum absolute atomic E-state index is 15.3. The third-order valence-electron chi connectivity index (χ3n) is 12.2. The van der Waals surface area contributed by atoms with E-state index in [-0.39, 0.29) is 27.8 Å². The van der Waals surface area contributed by atoms with E-state index in [9.17, 15) is 90.7 Å². The molecule has 7 rings (SSSR count). The van der Waals surface area contributed by atoms with Gasteiger partial charge in [-0.05, 0) is 94.6 Å².